The van der Waals surface area contributed by atoms with E-state index in [1.807, 2.05) is 53.9 Å². The molecule has 32 heavy (non-hydrogen) atoms. The van der Waals surface area contributed by atoms with Gasteiger partial charge in [-0.3, -0.25) is 14.1 Å². The molecule has 0 atom stereocenters. The Balaban J connectivity index is 1.66. The van der Waals surface area contributed by atoms with Gasteiger partial charge in [0.2, 0.25) is 0 Å². The van der Waals surface area contributed by atoms with Crippen molar-refractivity contribution in [3.63, 3.8) is 0 Å². The second kappa shape index (κ2) is 9.32. The number of hydrogen-bond acceptors (Lipinski definition) is 4. The van der Waals surface area contributed by atoms with Crippen LogP contribution >= 0.6 is 11.6 Å². The quantitative estimate of drug-likeness (QED) is 0.378. The number of carbonyl (C=O) groups is 1. The minimum absolute atomic E-state index is 0.130. The molecule has 0 saturated carbocycles. The molecule has 164 valence electrons. The summed E-state index contributed by atoms with van der Waals surface area (Å²) in [7, 11) is 3.36. The molecule has 0 unspecified atom stereocenters. The summed E-state index contributed by atoms with van der Waals surface area (Å²) in [5, 5.41) is 0.666. The highest BCUT2D eigenvalue weighted by Gasteiger charge is 2.22. The molecule has 0 aliphatic carbocycles. The summed E-state index contributed by atoms with van der Waals surface area (Å²) in [6.45, 7) is 2.38. The Morgan fingerprint density at radius 3 is 2.59 bits per heavy atom. The Hall–Kier alpha value is -3.51. The Labute approximate surface area is 192 Å². The number of hydrogen-bond donors (Lipinski definition) is 0. The van der Waals surface area contributed by atoms with Crippen molar-refractivity contribution in [2.24, 2.45) is 0 Å². The summed E-state index contributed by atoms with van der Waals surface area (Å²) in [4.78, 5) is 19.6. The molecular weight excluding hydrogens is 426 g/mol. The van der Waals surface area contributed by atoms with Crippen LogP contribution in [0.5, 0.6) is 11.5 Å². The number of imidazole rings is 1. The molecule has 0 fully saturated rings. The first kappa shape index (κ1) is 21.7. The SMILES string of the molecule is CCc1nc2c(OCc3cccc(Cl)c3)cccn2c1N(C)C(=O)c1ccc(OC)cc1. The zero-order chi connectivity index (χ0) is 22.7. The van der Waals surface area contributed by atoms with E-state index in [4.69, 9.17) is 26.1 Å². The van der Waals surface area contributed by atoms with Crippen LogP contribution in [0.3, 0.4) is 0 Å². The second-order valence-electron chi connectivity index (χ2n) is 7.31. The van der Waals surface area contributed by atoms with Crippen LogP contribution in [0.2, 0.25) is 5.02 Å². The average molecular weight is 450 g/mol. The van der Waals surface area contributed by atoms with Crippen molar-refractivity contribution < 1.29 is 14.3 Å². The van der Waals surface area contributed by atoms with Gasteiger partial charge >= 0.3 is 0 Å². The summed E-state index contributed by atoms with van der Waals surface area (Å²) in [5.41, 5.74) is 3.01. The Kier molecular flexibility index (Phi) is 6.32. The fourth-order valence-electron chi connectivity index (χ4n) is 3.59. The maximum absolute atomic E-state index is 13.2. The van der Waals surface area contributed by atoms with Crippen molar-refractivity contribution in [1.82, 2.24) is 9.38 Å². The number of methoxy groups -OCH3 is 1. The van der Waals surface area contributed by atoms with E-state index in [9.17, 15) is 4.79 Å². The van der Waals surface area contributed by atoms with Crippen molar-refractivity contribution >= 4 is 29.0 Å². The van der Waals surface area contributed by atoms with Gasteiger partial charge in [-0.25, -0.2) is 4.98 Å². The molecule has 0 radical (unpaired) electrons. The lowest BCUT2D eigenvalue weighted by molar-refractivity contribution is 0.0992. The average Bonchev–Trinajstić information content (AvgIpc) is 3.21. The third-order valence-electron chi connectivity index (χ3n) is 5.24. The monoisotopic (exact) mass is 449 g/mol. The van der Waals surface area contributed by atoms with Gasteiger partial charge < -0.3 is 9.47 Å². The van der Waals surface area contributed by atoms with Crippen LogP contribution in [0.4, 0.5) is 5.82 Å². The van der Waals surface area contributed by atoms with E-state index in [2.05, 4.69) is 0 Å². The van der Waals surface area contributed by atoms with Crippen molar-refractivity contribution in [3.05, 3.63) is 88.7 Å². The van der Waals surface area contributed by atoms with Gasteiger partial charge in [0.25, 0.3) is 5.91 Å². The van der Waals surface area contributed by atoms with Gasteiger partial charge in [0, 0.05) is 23.8 Å². The molecule has 2 heterocycles. The number of carbonyl (C=O) groups excluding carboxylic acids is 1. The topological polar surface area (TPSA) is 56.1 Å². The van der Waals surface area contributed by atoms with E-state index >= 15 is 0 Å². The first-order valence-corrected chi connectivity index (χ1v) is 10.7. The molecule has 7 heteroatoms. The number of amides is 1. The standard InChI is InChI=1S/C25H24ClN3O3/c1-4-21-24(28(2)25(30)18-10-12-20(31-3)13-11-18)29-14-6-9-22(23(29)27-21)32-16-17-7-5-8-19(26)15-17/h5-15H,4,16H2,1-3H3. The maximum Gasteiger partial charge on any atom is 0.259 e. The van der Waals surface area contributed by atoms with Crippen molar-refractivity contribution in [2.45, 2.75) is 20.0 Å². The molecule has 0 aliphatic rings. The number of benzene rings is 2. The number of aryl methyl sites for hydroxylation is 1. The highest BCUT2D eigenvalue weighted by molar-refractivity contribution is 6.30. The zero-order valence-corrected chi connectivity index (χ0v) is 19.0. The van der Waals surface area contributed by atoms with Gasteiger partial charge in [-0.15, -0.1) is 0 Å². The van der Waals surface area contributed by atoms with Crippen LogP contribution in [0.1, 0.15) is 28.5 Å². The molecule has 2 aromatic heterocycles. The minimum Gasteiger partial charge on any atom is -0.497 e. The molecular formula is C25H24ClN3O3. The van der Waals surface area contributed by atoms with E-state index in [0.717, 1.165) is 17.1 Å². The number of ether oxygens (including phenoxy) is 2. The van der Waals surface area contributed by atoms with Crippen molar-refractivity contribution in [1.29, 1.82) is 0 Å². The molecule has 2 aromatic carbocycles. The number of rotatable bonds is 7. The highest BCUT2D eigenvalue weighted by atomic mass is 35.5. The third-order valence-corrected chi connectivity index (χ3v) is 5.47. The first-order chi connectivity index (χ1) is 15.5. The number of aromatic nitrogens is 2. The van der Waals surface area contributed by atoms with Crippen LogP contribution in [0.25, 0.3) is 5.65 Å². The van der Waals surface area contributed by atoms with Gasteiger partial charge in [0.05, 0.1) is 12.8 Å². The van der Waals surface area contributed by atoms with Crippen LogP contribution in [0, 0.1) is 0 Å². The van der Waals surface area contributed by atoms with E-state index in [0.29, 0.717) is 40.8 Å². The van der Waals surface area contributed by atoms with Crippen LogP contribution in [-0.2, 0) is 13.0 Å². The molecule has 1 amide bonds. The molecule has 0 saturated heterocycles. The minimum atomic E-state index is -0.130. The van der Waals surface area contributed by atoms with Crippen LogP contribution in [-0.4, -0.2) is 29.4 Å². The molecule has 4 aromatic rings. The first-order valence-electron chi connectivity index (χ1n) is 10.3. The fraction of sp³-hybridized carbons (Fsp3) is 0.200. The van der Waals surface area contributed by atoms with E-state index in [-0.39, 0.29) is 5.91 Å². The number of nitrogens with zero attached hydrogens (tertiary/aromatic N) is 3. The number of anilines is 1. The lowest BCUT2D eigenvalue weighted by atomic mass is 10.2. The molecule has 0 bridgehead atoms. The number of fused-ring (bicyclic) bond motifs is 1. The van der Waals surface area contributed by atoms with Gasteiger partial charge in [-0.1, -0.05) is 30.7 Å². The van der Waals surface area contributed by atoms with Gasteiger partial charge in [-0.05, 0) is 60.5 Å². The normalized spacial score (nSPS) is 10.9. The summed E-state index contributed by atoms with van der Waals surface area (Å²) in [6.07, 6.45) is 2.56. The van der Waals surface area contributed by atoms with Crippen molar-refractivity contribution in [3.8, 4) is 11.5 Å². The summed E-state index contributed by atoms with van der Waals surface area (Å²) < 4.78 is 13.2. The van der Waals surface area contributed by atoms with E-state index in [1.54, 1.807) is 43.3 Å². The smallest absolute Gasteiger partial charge is 0.259 e. The van der Waals surface area contributed by atoms with Gasteiger partial charge in [0.15, 0.2) is 11.4 Å². The Bertz CT molecular complexity index is 1250. The molecule has 0 spiro atoms. The second-order valence-corrected chi connectivity index (χ2v) is 7.75. The lowest BCUT2D eigenvalue weighted by Crippen LogP contribution is -2.28. The number of pyridine rings is 1. The zero-order valence-electron chi connectivity index (χ0n) is 18.2. The predicted octanol–water partition coefficient (Wildman–Crippen LogP) is 5.41. The Morgan fingerprint density at radius 1 is 1.12 bits per heavy atom. The molecule has 6 nitrogen and oxygen atoms in total. The fourth-order valence-corrected chi connectivity index (χ4v) is 3.81. The predicted molar refractivity (Wildman–Crippen MR) is 126 cm³/mol. The van der Waals surface area contributed by atoms with Crippen molar-refractivity contribution in [2.75, 3.05) is 19.1 Å². The summed E-state index contributed by atoms with van der Waals surface area (Å²) in [5.74, 6) is 1.93. The third kappa shape index (κ3) is 4.27. The molecule has 0 N–H and O–H groups in total. The highest BCUT2D eigenvalue weighted by Crippen LogP contribution is 2.29. The molecule has 0 aliphatic heterocycles. The van der Waals surface area contributed by atoms with Gasteiger partial charge in [-0.2, -0.15) is 0 Å². The molecule has 4 rings (SSSR count). The largest absolute Gasteiger partial charge is 0.497 e. The lowest BCUT2D eigenvalue weighted by Gasteiger charge is -2.18. The summed E-state index contributed by atoms with van der Waals surface area (Å²) >= 11 is 6.08. The van der Waals surface area contributed by atoms with Crippen LogP contribution < -0.4 is 14.4 Å². The van der Waals surface area contributed by atoms with Crippen LogP contribution in [0.15, 0.2) is 66.9 Å². The van der Waals surface area contributed by atoms with Gasteiger partial charge in [0.1, 0.15) is 18.2 Å². The summed E-state index contributed by atoms with van der Waals surface area (Å²) in [6, 6.07) is 18.4. The maximum atomic E-state index is 13.2. The van der Waals surface area contributed by atoms with E-state index < -0.39 is 0 Å². The Morgan fingerprint density at radius 2 is 1.91 bits per heavy atom. The van der Waals surface area contributed by atoms with E-state index in [1.165, 1.54) is 0 Å². The number of halogens is 1.